The van der Waals surface area contributed by atoms with Crippen molar-refractivity contribution in [2.75, 3.05) is 0 Å². The van der Waals surface area contributed by atoms with Crippen LogP contribution in [0.15, 0.2) is 0 Å². The average molecular weight is 228 g/mol. The van der Waals surface area contributed by atoms with Gasteiger partial charge in [0.05, 0.1) is 0 Å². The molecule has 0 spiro atoms. The van der Waals surface area contributed by atoms with Crippen LogP contribution in [0.1, 0.15) is 25.7 Å². The first kappa shape index (κ1) is 10.4. The smallest absolute Gasteiger partial charge is 0.303 e. The summed E-state index contributed by atoms with van der Waals surface area (Å²) in [5, 5.41) is 11.9. The largest absolute Gasteiger partial charge is 0.481 e. The Bertz CT molecular complexity index is 327. The Hall–Kier alpha value is -1.17. The number of rotatable bonds is 4. The second-order valence-corrected chi connectivity index (χ2v) is 4.26. The summed E-state index contributed by atoms with van der Waals surface area (Å²) < 4.78 is 0. The molecule has 0 radical (unpaired) electrons. The van der Waals surface area contributed by atoms with Gasteiger partial charge >= 0.3 is 5.97 Å². The van der Waals surface area contributed by atoms with E-state index in [2.05, 4.69) is 5.32 Å². The number of carboxylic acid groups (broad SMARTS) is 1. The number of aliphatic carboxylic acids is 1. The highest BCUT2D eigenvalue weighted by Crippen LogP contribution is 2.30. The van der Waals surface area contributed by atoms with Crippen LogP contribution in [-0.4, -0.2) is 39.1 Å². The Morgan fingerprint density at radius 2 is 2.27 bits per heavy atom. The third kappa shape index (κ3) is 2.09. The number of hydrogen-bond acceptors (Lipinski definition) is 3. The summed E-state index contributed by atoms with van der Waals surface area (Å²) >= 11 is 5.04. The molecule has 0 aromatic rings. The van der Waals surface area contributed by atoms with Crippen LogP contribution in [0.25, 0.3) is 0 Å². The highest BCUT2D eigenvalue weighted by atomic mass is 32.1. The molecule has 1 heterocycles. The van der Waals surface area contributed by atoms with E-state index in [0.717, 1.165) is 12.8 Å². The van der Waals surface area contributed by atoms with Crippen LogP contribution in [0.3, 0.4) is 0 Å². The number of hydrogen-bond donors (Lipinski definition) is 2. The Kier molecular flexibility index (Phi) is 2.60. The van der Waals surface area contributed by atoms with Gasteiger partial charge in [0.2, 0.25) is 0 Å². The van der Waals surface area contributed by atoms with Gasteiger partial charge in [0.25, 0.3) is 5.91 Å². The van der Waals surface area contributed by atoms with Crippen molar-refractivity contribution >= 4 is 29.2 Å². The highest BCUT2D eigenvalue weighted by Gasteiger charge is 2.43. The van der Waals surface area contributed by atoms with Crippen molar-refractivity contribution in [1.29, 1.82) is 0 Å². The summed E-state index contributed by atoms with van der Waals surface area (Å²) in [6.45, 7) is 0. The number of carboxylic acids is 1. The maximum Gasteiger partial charge on any atom is 0.303 e. The van der Waals surface area contributed by atoms with Gasteiger partial charge in [0, 0.05) is 12.5 Å². The van der Waals surface area contributed by atoms with Crippen molar-refractivity contribution in [2.24, 2.45) is 0 Å². The second-order valence-electron chi connectivity index (χ2n) is 3.87. The fraction of sp³-hybridized carbons (Fsp3) is 0.667. The van der Waals surface area contributed by atoms with Crippen molar-refractivity contribution in [1.82, 2.24) is 10.2 Å². The molecule has 1 aliphatic heterocycles. The molecule has 1 aliphatic carbocycles. The van der Waals surface area contributed by atoms with Crippen LogP contribution in [0, 0.1) is 0 Å². The minimum Gasteiger partial charge on any atom is -0.481 e. The van der Waals surface area contributed by atoms with E-state index in [9.17, 15) is 9.59 Å². The van der Waals surface area contributed by atoms with Crippen LogP contribution < -0.4 is 5.32 Å². The summed E-state index contributed by atoms with van der Waals surface area (Å²) in [6, 6.07) is -0.179. The van der Waals surface area contributed by atoms with Crippen LogP contribution in [0.2, 0.25) is 0 Å². The molecule has 0 bridgehead atoms. The maximum atomic E-state index is 11.8. The first-order valence-corrected chi connectivity index (χ1v) is 5.36. The summed E-state index contributed by atoms with van der Waals surface area (Å²) in [7, 11) is 0. The lowest BCUT2D eigenvalue weighted by molar-refractivity contribution is -0.137. The zero-order valence-corrected chi connectivity index (χ0v) is 8.92. The van der Waals surface area contributed by atoms with Crippen LogP contribution in [0.5, 0.6) is 0 Å². The molecule has 0 unspecified atom stereocenters. The summed E-state index contributed by atoms with van der Waals surface area (Å²) in [5.74, 6) is -0.954. The molecule has 0 aromatic carbocycles. The predicted molar refractivity (Wildman–Crippen MR) is 56.3 cm³/mol. The number of nitrogens with one attached hydrogen (secondary N) is 1. The molecular formula is C9H12N2O3S. The Morgan fingerprint density at radius 3 is 2.80 bits per heavy atom. The van der Waals surface area contributed by atoms with Gasteiger partial charge in [-0.2, -0.15) is 0 Å². The van der Waals surface area contributed by atoms with E-state index < -0.39 is 12.0 Å². The van der Waals surface area contributed by atoms with Gasteiger partial charge in [-0.3, -0.25) is 14.5 Å². The number of amides is 1. The fourth-order valence-corrected chi connectivity index (χ4v) is 2.07. The Balaban J connectivity index is 1.95. The van der Waals surface area contributed by atoms with Crippen LogP contribution >= 0.6 is 12.2 Å². The molecule has 5 nitrogen and oxygen atoms in total. The topological polar surface area (TPSA) is 69.6 Å². The monoisotopic (exact) mass is 228 g/mol. The molecule has 1 saturated heterocycles. The lowest BCUT2D eigenvalue weighted by atomic mass is 10.1. The molecule has 0 aromatic heterocycles. The molecule has 2 rings (SSSR count). The molecule has 1 amide bonds. The van der Waals surface area contributed by atoms with E-state index in [0.29, 0.717) is 11.5 Å². The molecule has 82 valence electrons. The van der Waals surface area contributed by atoms with Gasteiger partial charge in [0.15, 0.2) is 5.11 Å². The molecule has 1 saturated carbocycles. The summed E-state index contributed by atoms with van der Waals surface area (Å²) in [4.78, 5) is 23.8. The molecule has 2 fully saturated rings. The zero-order chi connectivity index (χ0) is 11.0. The fourth-order valence-electron chi connectivity index (χ4n) is 1.69. The number of thiocarbonyl (C=S) groups is 1. The Morgan fingerprint density at radius 1 is 1.60 bits per heavy atom. The van der Waals surface area contributed by atoms with Crippen molar-refractivity contribution < 1.29 is 14.7 Å². The minimum atomic E-state index is -0.889. The standard InChI is InChI=1S/C9H12N2O3S/c12-7(13)4-3-6-8(14)11(5-1-2-5)9(15)10-6/h5-6H,1-4H2,(H,10,15)(H,12,13)/t6-/m1/s1. The maximum absolute atomic E-state index is 11.8. The van der Waals surface area contributed by atoms with Gasteiger partial charge in [0.1, 0.15) is 6.04 Å². The first-order valence-electron chi connectivity index (χ1n) is 4.95. The molecule has 2 aliphatic rings. The molecule has 6 heteroatoms. The zero-order valence-electron chi connectivity index (χ0n) is 8.10. The lowest BCUT2D eigenvalue weighted by Crippen LogP contribution is -2.33. The summed E-state index contributed by atoms with van der Waals surface area (Å²) in [6.07, 6.45) is 2.29. The SMILES string of the molecule is O=C(O)CC[C@H]1NC(=S)N(C2CC2)C1=O. The van der Waals surface area contributed by atoms with E-state index in [1.54, 1.807) is 4.90 Å². The normalized spacial score (nSPS) is 25.6. The Labute approximate surface area is 92.4 Å². The van der Waals surface area contributed by atoms with Crippen LogP contribution in [-0.2, 0) is 9.59 Å². The van der Waals surface area contributed by atoms with Gasteiger partial charge in [-0.1, -0.05) is 0 Å². The van der Waals surface area contributed by atoms with Gasteiger partial charge < -0.3 is 10.4 Å². The first-order chi connectivity index (χ1) is 7.09. The highest BCUT2D eigenvalue weighted by molar-refractivity contribution is 7.80. The number of carbonyl (C=O) groups is 2. The predicted octanol–water partition coefficient (Wildman–Crippen LogP) is 0.0989. The van der Waals surface area contributed by atoms with Crippen molar-refractivity contribution in [2.45, 2.75) is 37.8 Å². The third-order valence-electron chi connectivity index (χ3n) is 2.61. The van der Waals surface area contributed by atoms with Gasteiger partial charge in [-0.25, -0.2) is 0 Å². The van der Waals surface area contributed by atoms with Crippen LogP contribution in [0.4, 0.5) is 0 Å². The summed E-state index contributed by atoms with van der Waals surface area (Å²) in [5.41, 5.74) is 0. The van der Waals surface area contributed by atoms with Crippen molar-refractivity contribution in [3.05, 3.63) is 0 Å². The molecular weight excluding hydrogens is 216 g/mol. The quantitative estimate of drug-likeness (QED) is 0.668. The van der Waals surface area contributed by atoms with Gasteiger partial charge in [-0.15, -0.1) is 0 Å². The van der Waals surface area contributed by atoms with E-state index in [-0.39, 0.29) is 18.4 Å². The average Bonchev–Trinajstić information content (AvgIpc) is 2.92. The minimum absolute atomic E-state index is 0.00940. The van der Waals surface area contributed by atoms with E-state index in [1.165, 1.54) is 0 Å². The van der Waals surface area contributed by atoms with Gasteiger partial charge in [-0.05, 0) is 31.5 Å². The number of carbonyl (C=O) groups excluding carboxylic acids is 1. The van der Waals surface area contributed by atoms with E-state index >= 15 is 0 Å². The second kappa shape index (κ2) is 3.77. The third-order valence-corrected chi connectivity index (χ3v) is 2.93. The van der Waals surface area contributed by atoms with Crippen molar-refractivity contribution in [3.8, 4) is 0 Å². The van der Waals surface area contributed by atoms with E-state index in [4.69, 9.17) is 17.3 Å². The van der Waals surface area contributed by atoms with E-state index in [1.807, 2.05) is 0 Å². The number of nitrogens with zero attached hydrogens (tertiary/aromatic N) is 1. The molecule has 2 N–H and O–H groups in total. The van der Waals surface area contributed by atoms with Crippen molar-refractivity contribution in [3.63, 3.8) is 0 Å². The molecule has 1 atom stereocenters. The molecule has 15 heavy (non-hydrogen) atoms. The lowest BCUT2D eigenvalue weighted by Gasteiger charge is -2.12.